The van der Waals surface area contributed by atoms with Gasteiger partial charge in [0.05, 0.1) is 14.2 Å². The summed E-state index contributed by atoms with van der Waals surface area (Å²) in [5.74, 6) is 0.774. The molecule has 1 heterocycles. The number of aromatic amines is 1. The predicted octanol–water partition coefficient (Wildman–Crippen LogP) is 2.49. The Morgan fingerprint density at radius 3 is 2.67 bits per heavy atom. The Labute approximate surface area is 156 Å². The van der Waals surface area contributed by atoms with Crippen LogP contribution in [0.5, 0.6) is 11.5 Å². The second-order valence-electron chi connectivity index (χ2n) is 6.01. The lowest BCUT2D eigenvalue weighted by Gasteiger charge is -2.17. The van der Waals surface area contributed by atoms with E-state index in [1.807, 2.05) is 37.3 Å². The number of nitrogens with one attached hydrogen (secondary N) is 2. The normalized spacial score (nSPS) is 11.7. The van der Waals surface area contributed by atoms with Gasteiger partial charge in [0.2, 0.25) is 5.91 Å². The highest BCUT2D eigenvalue weighted by Crippen LogP contribution is 2.29. The minimum atomic E-state index is -0.649. The topological polar surface area (TPSA) is 102 Å². The van der Waals surface area contributed by atoms with E-state index in [-0.39, 0.29) is 5.91 Å². The van der Waals surface area contributed by atoms with Crippen LogP contribution in [0.4, 0.5) is 5.69 Å². The van der Waals surface area contributed by atoms with Crippen molar-refractivity contribution in [3.05, 3.63) is 59.4 Å². The fourth-order valence-electron chi connectivity index (χ4n) is 2.81. The number of aromatic nitrogens is 4. The Morgan fingerprint density at radius 2 is 2.00 bits per heavy atom. The maximum Gasteiger partial charge on any atom is 0.235 e. The van der Waals surface area contributed by atoms with Crippen LogP contribution in [0.15, 0.2) is 42.5 Å². The minimum Gasteiger partial charge on any atom is -0.497 e. The first kappa shape index (κ1) is 18.4. The molecule has 0 aliphatic carbocycles. The van der Waals surface area contributed by atoms with Gasteiger partial charge in [-0.05, 0) is 48.7 Å². The maximum atomic E-state index is 13.0. The van der Waals surface area contributed by atoms with Crippen molar-refractivity contribution in [2.24, 2.45) is 0 Å². The maximum absolute atomic E-state index is 13.0. The smallest absolute Gasteiger partial charge is 0.235 e. The lowest BCUT2D eigenvalue weighted by Crippen LogP contribution is -2.24. The molecule has 3 aromatic rings. The van der Waals surface area contributed by atoms with E-state index >= 15 is 0 Å². The third kappa shape index (κ3) is 4.22. The molecular weight excluding hydrogens is 346 g/mol. The van der Waals surface area contributed by atoms with Gasteiger partial charge in [0, 0.05) is 5.69 Å². The number of amides is 1. The number of methoxy groups -OCH3 is 2. The van der Waals surface area contributed by atoms with Crippen LogP contribution in [0.3, 0.4) is 0 Å². The van der Waals surface area contributed by atoms with Crippen molar-refractivity contribution in [1.82, 2.24) is 20.6 Å². The van der Waals surface area contributed by atoms with Gasteiger partial charge in [0.25, 0.3) is 0 Å². The summed E-state index contributed by atoms with van der Waals surface area (Å²) in [5.41, 5.74) is 2.52. The Morgan fingerprint density at radius 1 is 1.19 bits per heavy atom. The molecule has 8 heteroatoms. The number of anilines is 1. The quantitative estimate of drug-likeness (QED) is 0.665. The molecule has 0 fully saturated rings. The SMILES string of the molecule is COc1ccc(OC)c(C[C@H](C(=O)Nc2ccccc2C)c2nn[nH]n2)c1. The van der Waals surface area contributed by atoms with Gasteiger partial charge >= 0.3 is 0 Å². The second kappa shape index (κ2) is 8.31. The Kier molecular flexibility index (Phi) is 5.65. The molecule has 140 valence electrons. The number of hydrogen-bond acceptors (Lipinski definition) is 6. The molecule has 1 atom stereocenters. The average Bonchev–Trinajstić information content (AvgIpc) is 3.22. The number of H-pyrrole nitrogens is 1. The van der Waals surface area contributed by atoms with E-state index in [0.29, 0.717) is 23.7 Å². The number of para-hydroxylation sites is 1. The average molecular weight is 367 g/mol. The molecule has 0 aliphatic heterocycles. The van der Waals surface area contributed by atoms with Crippen LogP contribution in [0.1, 0.15) is 22.9 Å². The number of carbonyl (C=O) groups is 1. The summed E-state index contributed by atoms with van der Waals surface area (Å²) < 4.78 is 10.7. The summed E-state index contributed by atoms with van der Waals surface area (Å²) >= 11 is 0. The lowest BCUT2D eigenvalue weighted by molar-refractivity contribution is -0.117. The van der Waals surface area contributed by atoms with Gasteiger partial charge in [0.15, 0.2) is 5.82 Å². The molecule has 0 saturated heterocycles. The van der Waals surface area contributed by atoms with Gasteiger partial charge in [-0.15, -0.1) is 10.2 Å². The highest BCUT2D eigenvalue weighted by atomic mass is 16.5. The molecule has 0 unspecified atom stereocenters. The third-order valence-corrected chi connectivity index (χ3v) is 4.30. The van der Waals surface area contributed by atoms with Crippen molar-refractivity contribution in [1.29, 1.82) is 0 Å². The number of ether oxygens (including phenoxy) is 2. The number of nitrogens with zero attached hydrogens (tertiary/aromatic N) is 3. The second-order valence-corrected chi connectivity index (χ2v) is 6.01. The van der Waals surface area contributed by atoms with Crippen LogP contribution in [0, 0.1) is 6.92 Å². The first-order valence-corrected chi connectivity index (χ1v) is 8.43. The molecule has 0 spiro atoms. The van der Waals surface area contributed by atoms with Gasteiger partial charge in [0.1, 0.15) is 17.4 Å². The van der Waals surface area contributed by atoms with Crippen LogP contribution < -0.4 is 14.8 Å². The van der Waals surface area contributed by atoms with Crippen molar-refractivity contribution in [3.63, 3.8) is 0 Å². The van der Waals surface area contributed by atoms with Crippen molar-refractivity contribution in [3.8, 4) is 11.5 Å². The van der Waals surface area contributed by atoms with Gasteiger partial charge in [-0.3, -0.25) is 4.79 Å². The minimum absolute atomic E-state index is 0.226. The Hall–Kier alpha value is -3.42. The molecule has 1 aromatic heterocycles. The summed E-state index contributed by atoms with van der Waals surface area (Å²) in [4.78, 5) is 13.0. The van der Waals surface area contributed by atoms with Crippen LogP contribution in [0.25, 0.3) is 0 Å². The fraction of sp³-hybridized carbons (Fsp3) is 0.263. The Balaban J connectivity index is 1.91. The van der Waals surface area contributed by atoms with Crippen LogP contribution in [-0.2, 0) is 11.2 Å². The summed E-state index contributed by atoms with van der Waals surface area (Å²) in [5, 5.41) is 17.0. The summed E-state index contributed by atoms with van der Waals surface area (Å²) in [6.07, 6.45) is 0.331. The van der Waals surface area contributed by atoms with Gasteiger partial charge in [-0.25, -0.2) is 0 Å². The molecule has 0 saturated carbocycles. The molecular formula is C19H21N5O3. The molecule has 1 amide bonds. The highest BCUT2D eigenvalue weighted by Gasteiger charge is 2.27. The predicted molar refractivity (Wildman–Crippen MR) is 100.0 cm³/mol. The number of rotatable bonds is 7. The van der Waals surface area contributed by atoms with E-state index in [2.05, 4.69) is 25.9 Å². The molecule has 2 N–H and O–H groups in total. The van der Waals surface area contributed by atoms with Crippen LogP contribution >= 0.6 is 0 Å². The summed E-state index contributed by atoms with van der Waals surface area (Å²) in [6, 6.07) is 13.0. The van der Waals surface area contributed by atoms with E-state index in [9.17, 15) is 4.79 Å². The number of aryl methyl sites for hydroxylation is 1. The zero-order chi connectivity index (χ0) is 19.2. The fourth-order valence-corrected chi connectivity index (χ4v) is 2.81. The number of hydrogen-bond donors (Lipinski definition) is 2. The standard InChI is InChI=1S/C19H21N5O3/c1-12-6-4-5-7-16(12)20-19(25)15(18-21-23-24-22-18)11-13-10-14(26-2)8-9-17(13)27-3/h4-10,15H,11H2,1-3H3,(H,20,25)(H,21,22,23,24)/t15-/m0/s1. The van der Waals surface area contributed by atoms with Crippen LogP contribution in [0.2, 0.25) is 0 Å². The van der Waals surface area contributed by atoms with E-state index in [0.717, 1.165) is 16.8 Å². The van der Waals surface area contributed by atoms with Crippen molar-refractivity contribution < 1.29 is 14.3 Å². The van der Waals surface area contributed by atoms with Crippen LogP contribution in [-0.4, -0.2) is 40.8 Å². The third-order valence-electron chi connectivity index (χ3n) is 4.30. The van der Waals surface area contributed by atoms with E-state index in [4.69, 9.17) is 9.47 Å². The van der Waals surface area contributed by atoms with Gasteiger partial charge in [-0.2, -0.15) is 5.21 Å². The first-order valence-electron chi connectivity index (χ1n) is 8.43. The largest absolute Gasteiger partial charge is 0.497 e. The zero-order valence-electron chi connectivity index (χ0n) is 15.4. The Bertz CT molecular complexity index is 911. The van der Waals surface area contributed by atoms with E-state index in [1.165, 1.54) is 0 Å². The summed E-state index contributed by atoms with van der Waals surface area (Å²) in [7, 11) is 3.18. The molecule has 0 bridgehead atoms. The van der Waals surface area contributed by atoms with E-state index < -0.39 is 5.92 Å². The number of tetrazole rings is 1. The highest BCUT2D eigenvalue weighted by molar-refractivity contribution is 5.96. The molecule has 27 heavy (non-hydrogen) atoms. The molecule has 8 nitrogen and oxygen atoms in total. The lowest BCUT2D eigenvalue weighted by atomic mass is 9.96. The number of carbonyl (C=O) groups excluding carboxylic acids is 1. The van der Waals surface area contributed by atoms with Crippen molar-refractivity contribution >= 4 is 11.6 Å². The molecule has 0 aliphatic rings. The first-order chi connectivity index (χ1) is 13.1. The molecule has 0 radical (unpaired) electrons. The van der Waals surface area contributed by atoms with Crippen molar-refractivity contribution in [2.75, 3.05) is 19.5 Å². The van der Waals surface area contributed by atoms with Gasteiger partial charge in [-0.1, -0.05) is 23.4 Å². The van der Waals surface area contributed by atoms with E-state index in [1.54, 1.807) is 26.4 Å². The summed E-state index contributed by atoms with van der Waals surface area (Å²) in [6.45, 7) is 1.93. The van der Waals surface area contributed by atoms with Crippen molar-refractivity contribution in [2.45, 2.75) is 19.3 Å². The van der Waals surface area contributed by atoms with Gasteiger partial charge < -0.3 is 14.8 Å². The molecule has 3 rings (SSSR count). The zero-order valence-corrected chi connectivity index (χ0v) is 15.4. The number of benzene rings is 2. The monoisotopic (exact) mass is 367 g/mol. The molecule has 2 aromatic carbocycles.